The molecule has 0 atom stereocenters. The first kappa shape index (κ1) is 49.2. The molecule has 8 aromatic carbocycles. The summed E-state index contributed by atoms with van der Waals surface area (Å²) in [6.45, 7) is 4.63. The molecule has 392 valence electrons. The Bertz CT molecular complexity index is 4400. The molecule has 0 N–H and O–H groups in total. The van der Waals surface area contributed by atoms with Crippen LogP contribution >= 0.6 is 22.7 Å². The Morgan fingerprint density at radius 2 is 0.901 bits per heavy atom. The number of pyridine rings is 2. The summed E-state index contributed by atoms with van der Waals surface area (Å²) in [5.74, 6) is 0. The first-order valence-electron chi connectivity index (χ1n) is 28.6. The monoisotopic (exact) mass is 1080 g/mol. The van der Waals surface area contributed by atoms with Gasteiger partial charge in [0.15, 0.2) is 0 Å². The van der Waals surface area contributed by atoms with Crippen LogP contribution in [0.15, 0.2) is 183 Å². The molecule has 0 aliphatic heterocycles. The average molecular weight is 1090 g/mol. The van der Waals surface area contributed by atoms with Gasteiger partial charge in [-0.2, -0.15) is 9.59 Å². The molecule has 15 rings (SSSR count). The van der Waals surface area contributed by atoms with Gasteiger partial charge >= 0.3 is 0 Å². The number of nitrogens with zero attached hydrogens (tertiary/aromatic N) is 8. The van der Waals surface area contributed by atoms with Crippen LogP contribution in [0.3, 0.4) is 0 Å². The highest BCUT2D eigenvalue weighted by Crippen LogP contribution is 2.57. The highest BCUT2D eigenvalue weighted by molar-refractivity contribution is 7.26. The van der Waals surface area contributed by atoms with E-state index in [9.17, 15) is 0 Å². The molecule has 0 bridgehead atoms. The van der Waals surface area contributed by atoms with Gasteiger partial charge in [0.2, 0.25) is 0 Å². The standard InChI is InChI=1S/C71H56N8S2/c1-3-5-7-13-37-71(38-14-8-6-4-2)61-43-45(49-29-31-55(67-65(49)74-78(76-67)47-33-39-72-40-34-47)59-21-15-19-57-53-17-9-11-23-63(53)80-69(57)59)25-27-51(61)52-28-26-46(44-62(52)71)50-30-32-56(68-66(50)75-79(77-68)48-35-41-73-42-36-48)60-22-16-20-58-54-18-10-12-24-64(54)81-70(58)60/h9-12,15,17-19,21-36,39-44H,3-8,13-14,37-38H2,1-2H3. The molecule has 0 saturated heterocycles. The summed E-state index contributed by atoms with van der Waals surface area (Å²) in [7, 11) is 0. The maximum absolute atomic E-state index is 5.38. The van der Waals surface area contributed by atoms with Crippen molar-refractivity contribution >= 4 is 85.1 Å². The second-order valence-corrected chi connectivity index (χ2v) is 23.8. The Balaban J connectivity index is 0.905. The van der Waals surface area contributed by atoms with Gasteiger partial charge in [-0.1, -0.05) is 180 Å². The van der Waals surface area contributed by atoms with E-state index in [4.69, 9.17) is 20.4 Å². The number of thiophene rings is 2. The van der Waals surface area contributed by atoms with Crippen LogP contribution in [-0.2, 0) is 5.41 Å². The minimum Gasteiger partial charge on any atom is -0.265 e. The van der Waals surface area contributed by atoms with E-state index in [0.29, 0.717) is 0 Å². The lowest BCUT2D eigenvalue weighted by molar-refractivity contribution is 0.401. The molecule has 81 heavy (non-hydrogen) atoms. The van der Waals surface area contributed by atoms with E-state index >= 15 is 0 Å². The maximum Gasteiger partial charge on any atom is 0.122 e. The largest absolute Gasteiger partial charge is 0.265 e. The summed E-state index contributed by atoms with van der Waals surface area (Å²) in [5, 5.41) is 26.2. The van der Waals surface area contributed by atoms with Crippen molar-refractivity contribution < 1.29 is 0 Å². The second kappa shape index (κ2) is 20.3. The van der Waals surface area contributed by atoms with Crippen LogP contribution in [-0.4, -0.2) is 40.0 Å². The van der Waals surface area contributed by atoms with Crippen molar-refractivity contribution in [2.45, 2.75) is 83.5 Å². The molecule has 6 aromatic heterocycles. The van der Waals surface area contributed by atoms with E-state index in [1.54, 1.807) is 33.3 Å². The second-order valence-electron chi connectivity index (χ2n) is 21.7. The Kier molecular flexibility index (Phi) is 12.4. The van der Waals surface area contributed by atoms with Crippen LogP contribution in [0.5, 0.6) is 0 Å². The summed E-state index contributed by atoms with van der Waals surface area (Å²) >= 11 is 3.64. The van der Waals surface area contributed by atoms with Crippen molar-refractivity contribution in [3.63, 3.8) is 0 Å². The molecule has 0 unspecified atom stereocenters. The Morgan fingerprint density at radius 3 is 1.48 bits per heavy atom. The molecule has 10 heteroatoms. The van der Waals surface area contributed by atoms with E-state index in [1.165, 1.54) is 101 Å². The topological polar surface area (TPSA) is 87.2 Å². The summed E-state index contributed by atoms with van der Waals surface area (Å²) in [6, 6.07) is 64.4. The van der Waals surface area contributed by atoms with Crippen molar-refractivity contribution in [1.29, 1.82) is 0 Å². The molecule has 6 heterocycles. The van der Waals surface area contributed by atoms with Crippen LogP contribution < -0.4 is 0 Å². The smallest absolute Gasteiger partial charge is 0.122 e. The van der Waals surface area contributed by atoms with Crippen LogP contribution in [0.4, 0.5) is 0 Å². The lowest BCUT2D eigenvalue weighted by Crippen LogP contribution is -2.25. The van der Waals surface area contributed by atoms with Gasteiger partial charge in [0.1, 0.15) is 22.1 Å². The van der Waals surface area contributed by atoms with E-state index in [2.05, 4.69) is 169 Å². The number of rotatable bonds is 16. The quantitative estimate of drug-likeness (QED) is 0.0896. The molecule has 0 saturated carbocycles. The molecule has 0 amide bonds. The van der Waals surface area contributed by atoms with Crippen molar-refractivity contribution in [2.75, 3.05) is 0 Å². The Labute approximate surface area is 478 Å². The van der Waals surface area contributed by atoms with E-state index < -0.39 is 0 Å². The van der Waals surface area contributed by atoms with Crippen LogP contribution in [0.1, 0.15) is 89.2 Å². The highest BCUT2D eigenvalue weighted by Gasteiger charge is 2.43. The molecule has 1 aliphatic carbocycles. The predicted molar refractivity (Wildman–Crippen MR) is 336 cm³/mol. The third-order valence-electron chi connectivity index (χ3n) is 17.0. The SMILES string of the molecule is CCCCCCC1(CCCCCC)c2cc(-c3ccc(-c4cc#cc5c4sc4ccccc45)c4nn(-c5ccncc5)nc34)ccc2-c2ccc(-c3ccc(-c4cccc5c4sc4ccccc45)c4nn(-c5ccncc5)nc34)cc21. The van der Waals surface area contributed by atoms with E-state index in [-0.39, 0.29) is 5.41 Å². The molecule has 14 aromatic rings. The molecule has 0 fully saturated rings. The zero-order chi connectivity index (χ0) is 54.0. The van der Waals surface area contributed by atoms with Gasteiger partial charge in [-0.25, -0.2) is 0 Å². The fourth-order valence-corrected chi connectivity index (χ4v) is 15.5. The zero-order valence-electron chi connectivity index (χ0n) is 45.3. The van der Waals surface area contributed by atoms with Gasteiger partial charge in [0.05, 0.1) is 21.5 Å². The Morgan fingerprint density at radius 1 is 0.420 bits per heavy atom. The van der Waals surface area contributed by atoms with E-state index in [0.717, 1.165) is 103 Å². The maximum atomic E-state index is 5.38. The third-order valence-corrected chi connectivity index (χ3v) is 19.4. The van der Waals surface area contributed by atoms with Gasteiger partial charge in [0.25, 0.3) is 0 Å². The van der Waals surface area contributed by atoms with Crippen molar-refractivity contribution in [3.8, 4) is 67.0 Å². The molecular formula is C71H56N8S2. The van der Waals surface area contributed by atoms with Gasteiger partial charge < -0.3 is 0 Å². The molecule has 0 radical (unpaired) electrons. The van der Waals surface area contributed by atoms with Crippen molar-refractivity contribution in [3.05, 3.63) is 206 Å². The van der Waals surface area contributed by atoms with Crippen LogP contribution in [0.25, 0.3) is 129 Å². The number of hydrogen-bond donors (Lipinski definition) is 0. The minimum absolute atomic E-state index is 0.223. The average Bonchev–Trinajstić information content (AvgIpc) is 4.48. The number of hydrogen-bond acceptors (Lipinski definition) is 8. The third kappa shape index (κ3) is 8.24. The number of aromatic nitrogens is 8. The molecule has 0 spiro atoms. The Hall–Kier alpha value is -8.88. The summed E-state index contributed by atoms with van der Waals surface area (Å²) in [5.41, 5.74) is 19.2. The van der Waals surface area contributed by atoms with E-state index in [1.807, 2.05) is 48.0 Å². The van der Waals surface area contributed by atoms with Gasteiger partial charge in [-0.3, -0.25) is 9.97 Å². The lowest BCUT2D eigenvalue weighted by Gasteiger charge is -2.33. The summed E-state index contributed by atoms with van der Waals surface area (Å²) in [4.78, 5) is 12.2. The minimum atomic E-state index is -0.223. The normalized spacial score (nSPS) is 12.8. The van der Waals surface area contributed by atoms with Crippen LogP contribution in [0, 0.1) is 12.1 Å². The number of benzene rings is 7. The molecule has 1 aliphatic rings. The summed E-state index contributed by atoms with van der Waals surface area (Å²) < 4.78 is 4.94. The van der Waals surface area contributed by atoms with Gasteiger partial charge in [0, 0.05) is 93.8 Å². The highest BCUT2D eigenvalue weighted by atomic mass is 32.1. The number of fused-ring (bicyclic) bond motifs is 11. The van der Waals surface area contributed by atoms with Crippen molar-refractivity contribution in [2.24, 2.45) is 0 Å². The molecule has 8 nitrogen and oxygen atoms in total. The van der Waals surface area contributed by atoms with Gasteiger partial charge in [-0.05, 0) is 101 Å². The first-order chi connectivity index (χ1) is 40.1. The van der Waals surface area contributed by atoms with Crippen molar-refractivity contribution in [1.82, 2.24) is 40.0 Å². The zero-order valence-corrected chi connectivity index (χ0v) is 46.9. The van der Waals surface area contributed by atoms with Gasteiger partial charge in [-0.15, -0.1) is 43.1 Å². The fourth-order valence-electron chi connectivity index (χ4n) is 13.0. The van der Waals surface area contributed by atoms with Crippen LogP contribution in [0.2, 0.25) is 0 Å². The number of unbranched alkanes of at least 4 members (excludes halogenated alkanes) is 6. The lowest BCUT2D eigenvalue weighted by atomic mass is 9.70. The fraction of sp³-hybridized carbons (Fsp3) is 0.183. The summed E-state index contributed by atoms with van der Waals surface area (Å²) in [6.07, 6.45) is 18.9. The first-order valence-corrected chi connectivity index (χ1v) is 30.3. The molecular weight excluding hydrogens is 1030 g/mol. The predicted octanol–water partition coefficient (Wildman–Crippen LogP) is 19.2.